The first-order valence-electron chi connectivity index (χ1n) is 8.99. The number of carbonyl (C=O) groups is 1. The normalized spacial score (nSPS) is 17.8. The molecule has 1 aliphatic heterocycles. The number of benzene rings is 2. The second-order valence-corrected chi connectivity index (χ2v) is 6.49. The molecule has 2 aromatic carbocycles. The lowest BCUT2D eigenvalue weighted by Crippen LogP contribution is -2.49. The largest absolute Gasteiger partial charge is 0.493 e. The molecular weight excluding hydrogens is 328 g/mol. The quantitative estimate of drug-likeness (QED) is 0.827. The van der Waals surface area contributed by atoms with E-state index in [2.05, 4.69) is 24.1 Å². The van der Waals surface area contributed by atoms with E-state index in [1.165, 1.54) is 0 Å². The fraction of sp³-hybridized carbons (Fsp3) is 0.381. The summed E-state index contributed by atoms with van der Waals surface area (Å²) < 4.78 is 11.0. The van der Waals surface area contributed by atoms with Gasteiger partial charge in [-0.05, 0) is 37.7 Å². The third-order valence-electron chi connectivity index (χ3n) is 4.74. The van der Waals surface area contributed by atoms with Crippen LogP contribution < -0.4 is 9.47 Å². The van der Waals surface area contributed by atoms with Crippen LogP contribution in [-0.2, 0) is 0 Å². The van der Waals surface area contributed by atoms with Gasteiger partial charge in [-0.15, -0.1) is 0 Å². The molecule has 5 heteroatoms. The summed E-state index contributed by atoms with van der Waals surface area (Å²) in [5.41, 5.74) is 1.78. The Bertz CT molecular complexity index is 748. The summed E-state index contributed by atoms with van der Waals surface area (Å²) in [5, 5.41) is 0. The van der Waals surface area contributed by atoms with Gasteiger partial charge in [-0.3, -0.25) is 4.79 Å². The van der Waals surface area contributed by atoms with Crippen LogP contribution in [0.25, 0.3) is 0 Å². The van der Waals surface area contributed by atoms with Gasteiger partial charge in [-0.25, -0.2) is 0 Å². The summed E-state index contributed by atoms with van der Waals surface area (Å²) >= 11 is 0. The van der Waals surface area contributed by atoms with Crippen LogP contribution in [0.4, 0.5) is 0 Å². The van der Waals surface area contributed by atoms with Crippen LogP contribution in [0.1, 0.15) is 28.9 Å². The van der Waals surface area contributed by atoms with Crippen molar-refractivity contribution in [2.24, 2.45) is 0 Å². The predicted molar refractivity (Wildman–Crippen MR) is 102 cm³/mol. The van der Waals surface area contributed by atoms with E-state index in [0.717, 1.165) is 18.7 Å². The summed E-state index contributed by atoms with van der Waals surface area (Å²) in [7, 11) is 3.69. The molecule has 2 aromatic rings. The van der Waals surface area contributed by atoms with Gasteiger partial charge in [-0.1, -0.05) is 30.3 Å². The second-order valence-electron chi connectivity index (χ2n) is 6.49. The molecule has 1 fully saturated rings. The van der Waals surface area contributed by atoms with Crippen LogP contribution >= 0.6 is 0 Å². The number of methoxy groups -OCH3 is 1. The van der Waals surface area contributed by atoms with Crippen LogP contribution in [-0.4, -0.2) is 56.1 Å². The molecule has 0 bridgehead atoms. The molecule has 26 heavy (non-hydrogen) atoms. The zero-order valence-corrected chi connectivity index (χ0v) is 15.6. The Kier molecular flexibility index (Phi) is 5.78. The fourth-order valence-corrected chi connectivity index (χ4v) is 3.36. The number of amides is 1. The van der Waals surface area contributed by atoms with Gasteiger partial charge in [0.15, 0.2) is 11.5 Å². The lowest BCUT2D eigenvalue weighted by atomic mass is 10.0. The number of likely N-dealkylation sites (N-methyl/N-ethyl adjacent to an activating group) is 1. The Balaban J connectivity index is 1.89. The predicted octanol–water partition coefficient (Wildman–Crippen LogP) is 3.22. The molecule has 0 saturated carbocycles. The van der Waals surface area contributed by atoms with E-state index in [4.69, 9.17) is 9.47 Å². The van der Waals surface area contributed by atoms with Crippen molar-refractivity contribution in [3.8, 4) is 11.5 Å². The third-order valence-corrected chi connectivity index (χ3v) is 4.74. The minimum atomic E-state index is 0.0216. The van der Waals surface area contributed by atoms with Gasteiger partial charge in [0.25, 0.3) is 5.91 Å². The number of rotatable bonds is 5. The van der Waals surface area contributed by atoms with Gasteiger partial charge in [0, 0.05) is 25.2 Å². The van der Waals surface area contributed by atoms with Crippen molar-refractivity contribution in [3.63, 3.8) is 0 Å². The highest BCUT2D eigenvalue weighted by Crippen LogP contribution is 2.31. The van der Waals surface area contributed by atoms with Crippen molar-refractivity contribution < 1.29 is 14.3 Å². The molecule has 1 heterocycles. The van der Waals surface area contributed by atoms with E-state index in [9.17, 15) is 4.79 Å². The first-order chi connectivity index (χ1) is 12.6. The molecule has 0 spiro atoms. The van der Waals surface area contributed by atoms with E-state index in [1.54, 1.807) is 13.2 Å². The molecule has 1 aliphatic rings. The number of piperazine rings is 1. The Hall–Kier alpha value is -2.53. The maximum atomic E-state index is 13.2. The van der Waals surface area contributed by atoms with Crippen molar-refractivity contribution in [1.82, 2.24) is 9.80 Å². The second kappa shape index (κ2) is 8.23. The van der Waals surface area contributed by atoms with Crippen molar-refractivity contribution >= 4 is 5.91 Å². The lowest BCUT2D eigenvalue weighted by molar-refractivity contribution is 0.0497. The number of hydrogen-bond donors (Lipinski definition) is 0. The standard InChI is InChI=1S/C21H26N2O3/c1-4-26-19-11-10-17(14-20(19)25-3)21(24)23-13-12-22(2)15-18(23)16-8-6-5-7-9-16/h5-11,14,18H,4,12-13,15H2,1-3H3. The average molecular weight is 354 g/mol. The van der Waals surface area contributed by atoms with Gasteiger partial charge in [0.1, 0.15) is 0 Å². The summed E-state index contributed by atoms with van der Waals surface area (Å²) in [5.74, 6) is 1.26. The van der Waals surface area contributed by atoms with Crippen LogP contribution in [0.5, 0.6) is 11.5 Å². The van der Waals surface area contributed by atoms with Gasteiger partial charge in [-0.2, -0.15) is 0 Å². The molecule has 3 rings (SSSR count). The van der Waals surface area contributed by atoms with Crippen molar-refractivity contribution in [1.29, 1.82) is 0 Å². The SMILES string of the molecule is CCOc1ccc(C(=O)N2CCN(C)CC2c2ccccc2)cc1OC. The van der Waals surface area contributed by atoms with Crippen LogP contribution in [0, 0.1) is 0 Å². The van der Waals surface area contributed by atoms with E-state index in [0.29, 0.717) is 30.2 Å². The Morgan fingerprint density at radius 1 is 1.12 bits per heavy atom. The first-order valence-corrected chi connectivity index (χ1v) is 8.99. The Morgan fingerprint density at radius 3 is 2.58 bits per heavy atom. The van der Waals surface area contributed by atoms with Crippen LogP contribution in [0.2, 0.25) is 0 Å². The van der Waals surface area contributed by atoms with Gasteiger partial charge in [0.2, 0.25) is 0 Å². The van der Waals surface area contributed by atoms with Gasteiger partial charge < -0.3 is 19.3 Å². The summed E-state index contributed by atoms with van der Waals surface area (Å²) in [6.45, 7) is 4.86. The average Bonchev–Trinajstić information content (AvgIpc) is 2.68. The highest BCUT2D eigenvalue weighted by Gasteiger charge is 2.31. The number of carbonyl (C=O) groups excluding carboxylic acids is 1. The maximum Gasteiger partial charge on any atom is 0.254 e. The van der Waals surface area contributed by atoms with Crippen LogP contribution in [0.15, 0.2) is 48.5 Å². The van der Waals surface area contributed by atoms with Crippen LogP contribution in [0.3, 0.4) is 0 Å². The molecule has 5 nitrogen and oxygen atoms in total. The number of ether oxygens (including phenoxy) is 2. The highest BCUT2D eigenvalue weighted by molar-refractivity contribution is 5.95. The van der Waals surface area contributed by atoms with E-state index in [-0.39, 0.29) is 11.9 Å². The molecule has 1 saturated heterocycles. The summed E-state index contributed by atoms with van der Waals surface area (Å²) in [4.78, 5) is 17.5. The van der Waals surface area contributed by atoms with Crippen molar-refractivity contribution in [2.45, 2.75) is 13.0 Å². The molecule has 0 N–H and O–H groups in total. The zero-order valence-electron chi connectivity index (χ0n) is 15.6. The molecule has 1 atom stereocenters. The minimum Gasteiger partial charge on any atom is -0.493 e. The molecular formula is C21H26N2O3. The highest BCUT2D eigenvalue weighted by atomic mass is 16.5. The van der Waals surface area contributed by atoms with Crippen molar-refractivity contribution in [2.75, 3.05) is 40.4 Å². The van der Waals surface area contributed by atoms with Crippen molar-refractivity contribution in [3.05, 3.63) is 59.7 Å². The summed E-state index contributed by atoms with van der Waals surface area (Å²) in [6.07, 6.45) is 0. The van der Waals surface area contributed by atoms with Gasteiger partial charge >= 0.3 is 0 Å². The van der Waals surface area contributed by atoms with E-state index < -0.39 is 0 Å². The Morgan fingerprint density at radius 2 is 1.88 bits per heavy atom. The molecule has 1 amide bonds. The minimum absolute atomic E-state index is 0.0216. The smallest absolute Gasteiger partial charge is 0.254 e. The molecule has 0 aromatic heterocycles. The zero-order chi connectivity index (χ0) is 18.5. The number of hydrogen-bond acceptors (Lipinski definition) is 4. The summed E-state index contributed by atoms with van der Waals surface area (Å²) in [6, 6.07) is 15.7. The molecule has 138 valence electrons. The number of nitrogens with zero attached hydrogens (tertiary/aromatic N) is 2. The third kappa shape index (κ3) is 3.83. The topological polar surface area (TPSA) is 42.0 Å². The molecule has 0 radical (unpaired) electrons. The monoisotopic (exact) mass is 354 g/mol. The van der Waals surface area contributed by atoms with E-state index in [1.807, 2.05) is 42.2 Å². The molecule has 1 unspecified atom stereocenters. The van der Waals surface area contributed by atoms with E-state index >= 15 is 0 Å². The molecule has 0 aliphatic carbocycles. The first kappa shape index (κ1) is 18.3. The Labute approximate surface area is 155 Å². The fourth-order valence-electron chi connectivity index (χ4n) is 3.36. The van der Waals surface area contributed by atoms with Gasteiger partial charge in [0.05, 0.1) is 19.8 Å². The lowest BCUT2D eigenvalue weighted by Gasteiger charge is -2.40. The maximum absolute atomic E-state index is 13.2.